The number of aromatic nitrogens is 6. The van der Waals surface area contributed by atoms with Crippen LogP contribution in [0, 0.1) is 0 Å². The Morgan fingerprint density at radius 3 is 1.10 bits per heavy atom. The van der Waals surface area contributed by atoms with Crippen LogP contribution in [0.1, 0.15) is 11.1 Å². The van der Waals surface area contributed by atoms with E-state index in [1.165, 1.54) is 58.3 Å². The summed E-state index contributed by atoms with van der Waals surface area (Å²) >= 11 is 0. The molecule has 0 aliphatic rings. The number of anilines is 10. The van der Waals surface area contributed by atoms with Gasteiger partial charge >= 0.3 is 0 Å². The number of aliphatic hydroxyl groups excluding tert-OH is 4. The summed E-state index contributed by atoms with van der Waals surface area (Å²) in [5, 5.41) is 49.8. The van der Waals surface area contributed by atoms with Gasteiger partial charge in [0.25, 0.3) is 40.5 Å². The minimum atomic E-state index is -5.04. The van der Waals surface area contributed by atoms with Crippen LogP contribution in [0.5, 0.6) is 0 Å². The molecule has 73 heavy (non-hydrogen) atoms. The molecule has 0 atom stereocenters. The van der Waals surface area contributed by atoms with E-state index in [-0.39, 0.29) is 139 Å². The van der Waals surface area contributed by atoms with E-state index in [0.717, 1.165) is 48.6 Å². The van der Waals surface area contributed by atoms with E-state index in [1.807, 2.05) is 0 Å². The van der Waals surface area contributed by atoms with Gasteiger partial charge in [0.2, 0.25) is 35.7 Å². The largest absolute Gasteiger partial charge is 0.395 e. The van der Waals surface area contributed by atoms with Gasteiger partial charge in [-0.2, -0.15) is 63.6 Å². The van der Waals surface area contributed by atoms with Gasteiger partial charge < -0.3 is 51.5 Å². The van der Waals surface area contributed by atoms with Gasteiger partial charge in [-0.1, -0.05) is 30.4 Å². The molecule has 0 spiro atoms. The maximum Gasteiger partial charge on any atom is 0.295 e. The van der Waals surface area contributed by atoms with E-state index in [2.05, 4.69) is 51.2 Å². The summed E-state index contributed by atoms with van der Waals surface area (Å²) in [6.45, 7) is -1.76. The first-order chi connectivity index (χ1) is 34.0. The third kappa shape index (κ3) is 16.2. The summed E-state index contributed by atoms with van der Waals surface area (Å²) in [7, 11) is -19.2. The Morgan fingerprint density at radius 2 is 0.753 bits per heavy atom. The summed E-state index contributed by atoms with van der Waals surface area (Å²) in [6, 6.07) is 16.9. The van der Waals surface area contributed by atoms with Crippen LogP contribution in [0.3, 0.4) is 0 Å². The minimum absolute atomic E-state index is 0. The molecule has 0 bridgehead atoms. The van der Waals surface area contributed by atoms with Crippen molar-refractivity contribution in [2.24, 2.45) is 0 Å². The second-order valence-electron chi connectivity index (χ2n) is 14.7. The van der Waals surface area contributed by atoms with Gasteiger partial charge in [0.05, 0.1) is 36.2 Å². The van der Waals surface area contributed by atoms with Crippen LogP contribution in [0.15, 0.2) is 105 Å². The smallest absolute Gasteiger partial charge is 0.295 e. The third-order valence-corrected chi connectivity index (χ3v) is 13.2. The quantitative estimate of drug-likeness (QED) is 0.0231. The summed E-state index contributed by atoms with van der Waals surface area (Å²) in [5.74, 6) is -1.05. The standard InChI is InChI=1S/C40H44N12O16S4.Na/c53-18-14-51(15-19-54)39-47-35(41-27-10-12-31(13-11-27)69(57,58)59)45-37(49-39)43-29-8-6-25(33(23-29)71(63,64)65)4-5-26-7-9-30(24-34(26)72(66,67)68)44-38-46-36(48-40(50-38)52(16-20-55)17-21-56)42-28-2-1-3-32(22-28)70(60,61)62;/h1-13,22-24,53-56H,14-21H2,(H,57,58,59)(H,60,61,62)(H,63,64,65)(H,66,67,68)(H2,41,43,45,47,49)(H2,42,44,46,48,50);. The van der Waals surface area contributed by atoms with E-state index in [4.69, 9.17) is 0 Å². The van der Waals surface area contributed by atoms with Crippen molar-refractivity contribution in [3.05, 3.63) is 96.1 Å². The van der Waals surface area contributed by atoms with Gasteiger partial charge in [-0.05, 0) is 77.9 Å². The summed E-state index contributed by atoms with van der Waals surface area (Å²) in [6.07, 6.45) is 2.26. The number of benzene rings is 4. The van der Waals surface area contributed by atoms with Crippen LogP contribution in [0.4, 0.5) is 58.4 Å². The molecule has 2 aromatic heterocycles. The summed E-state index contributed by atoms with van der Waals surface area (Å²) < 4.78 is 137. The zero-order chi connectivity index (χ0) is 52.4. The molecule has 0 fully saturated rings. The fourth-order valence-corrected chi connectivity index (χ4v) is 8.86. The molecule has 6 aromatic rings. The molecule has 33 heteroatoms. The molecule has 0 aliphatic heterocycles. The minimum Gasteiger partial charge on any atom is -0.395 e. The number of nitrogens with zero attached hydrogens (tertiary/aromatic N) is 8. The van der Waals surface area contributed by atoms with Crippen molar-refractivity contribution in [2.45, 2.75) is 19.6 Å². The number of hydrogen-bond acceptors (Lipinski definition) is 24. The maximum atomic E-state index is 12.8. The molecule has 0 unspecified atom stereocenters. The SMILES string of the molecule is O=S(=O)(O)c1ccc(Nc2nc(Nc3ccc(C=Cc4ccc(Nc5nc(Nc6cccc(S(=O)(=O)O)c6)nc(N(CCO)CCO)n5)cc4S(=O)(=O)O)c(S(=O)(=O)O)c3)nc(N(CCO)CCO)n2)cc1.[Na]. The average molecular weight is 1100 g/mol. The molecule has 0 saturated heterocycles. The molecular weight excluding hydrogens is 1060 g/mol. The van der Waals surface area contributed by atoms with Gasteiger partial charge in [0.15, 0.2) is 0 Å². The Hall–Kier alpha value is -6.08. The van der Waals surface area contributed by atoms with Crippen molar-refractivity contribution in [1.29, 1.82) is 0 Å². The Labute approximate surface area is 439 Å². The normalized spacial score (nSPS) is 12.0. The van der Waals surface area contributed by atoms with Crippen LogP contribution >= 0.6 is 0 Å². The second-order valence-corrected chi connectivity index (χ2v) is 20.3. The second kappa shape index (κ2) is 24.8. The van der Waals surface area contributed by atoms with Crippen LogP contribution in [0.2, 0.25) is 0 Å². The Bertz CT molecular complexity index is 3410. The monoisotopic (exact) mass is 1100 g/mol. The Balaban J connectivity index is 0.00000988. The third-order valence-electron chi connectivity index (χ3n) is 9.63. The maximum absolute atomic E-state index is 12.8. The van der Waals surface area contributed by atoms with Crippen molar-refractivity contribution in [3.8, 4) is 0 Å². The number of rotatable bonds is 24. The molecule has 4 aromatic carbocycles. The van der Waals surface area contributed by atoms with Crippen LogP contribution in [-0.4, -0.2) is 184 Å². The molecule has 0 amide bonds. The molecule has 2 heterocycles. The summed E-state index contributed by atoms with van der Waals surface area (Å²) in [5.41, 5.74) is -0.0573. The molecule has 12 N–H and O–H groups in total. The van der Waals surface area contributed by atoms with Crippen molar-refractivity contribution >= 4 is 141 Å². The van der Waals surface area contributed by atoms with Crippen LogP contribution in [0.25, 0.3) is 12.2 Å². The number of aliphatic hydroxyl groups is 4. The molecular formula is C40H44N12NaO16S4. The van der Waals surface area contributed by atoms with Gasteiger partial charge in [-0.3, -0.25) is 18.2 Å². The zero-order valence-electron chi connectivity index (χ0n) is 37.9. The number of hydrogen-bond donors (Lipinski definition) is 12. The fraction of sp³-hybridized carbons (Fsp3) is 0.200. The van der Waals surface area contributed by atoms with E-state index in [9.17, 15) is 72.3 Å². The fourth-order valence-electron chi connectivity index (χ4n) is 6.43. The van der Waals surface area contributed by atoms with Gasteiger partial charge in [-0.25, -0.2) is 0 Å². The van der Waals surface area contributed by atoms with Crippen molar-refractivity contribution < 1.29 is 72.3 Å². The molecule has 6 rings (SSSR count). The summed E-state index contributed by atoms with van der Waals surface area (Å²) in [4.78, 5) is 26.3. The van der Waals surface area contributed by atoms with Gasteiger partial charge in [-0.15, -0.1) is 0 Å². The first-order valence-corrected chi connectivity index (χ1v) is 26.3. The predicted octanol–water partition coefficient (Wildman–Crippen LogP) is 1.39. The molecule has 0 saturated carbocycles. The molecule has 0 aliphatic carbocycles. The first-order valence-electron chi connectivity index (χ1n) is 20.6. The number of nitrogens with one attached hydrogen (secondary N) is 4. The molecule has 1 radical (unpaired) electrons. The van der Waals surface area contributed by atoms with Crippen molar-refractivity contribution in [1.82, 2.24) is 29.9 Å². The van der Waals surface area contributed by atoms with E-state index >= 15 is 0 Å². The topological polar surface area (TPSA) is 430 Å². The average Bonchev–Trinajstić information content (AvgIpc) is 3.30. The Kier molecular flexibility index (Phi) is 19.6. The first kappa shape index (κ1) is 57.8. The van der Waals surface area contributed by atoms with Gasteiger partial charge in [0.1, 0.15) is 9.79 Å². The van der Waals surface area contributed by atoms with Crippen LogP contribution in [-0.2, 0) is 40.5 Å². The van der Waals surface area contributed by atoms with Crippen molar-refractivity contribution in [3.63, 3.8) is 0 Å². The van der Waals surface area contributed by atoms with Crippen molar-refractivity contribution in [2.75, 3.05) is 83.7 Å². The molecule has 385 valence electrons. The van der Waals surface area contributed by atoms with E-state index in [1.54, 1.807) is 0 Å². The molecule has 28 nitrogen and oxygen atoms in total. The van der Waals surface area contributed by atoms with E-state index < -0.39 is 73.3 Å². The van der Waals surface area contributed by atoms with E-state index in [0.29, 0.717) is 0 Å². The Morgan fingerprint density at radius 1 is 0.411 bits per heavy atom. The van der Waals surface area contributed by atoms with Crippen LogP contribution < -0.4 is 31.1 Å². The van der Waals surface area contributed by atoms with Gasteiger partial charge in [0, 0.05) is 78.5 Å². The zero-order valence-corrected chi connectivity index (χ0v) is 43.2. The predicted molar refractivity (Wildman–Crippen MR) is 265 cm³/mol.